The molecule has 0 spiro atoms. The van der Waals surface area contributed by atoms with Gasteiger partial charge in [-0.15, -0.1) is 0 Å². The molecule has 3 aromatic carbocycles. The van der Waals surface area contributed by atoms with Crippen LogP contribution in [0.1, 0.15) is 88.1 Å². The number of methoxy groups -OCH3 is 1. The van der Waals surface area contributed by atoms with Crippen LogP contribution in [-0.4, -0.2) is 105 Å². The van der Waals surface area contributed by atoms with Crippen LogP contribution in [-0.2, 0) is 59.4 Å². The van der Waals surface area contributed by atoms with E-state index in [2.05, 4.69) is 60.9 Å². The smallest absolute Gasteiger partial charge is 0.329 e. The van der Waals surface area contributed by atoms with Gasteiger partial charge < -0.3 is 34.3 Å². The first-order valence-corrected chi connectivity index (χ1v) is 24.2. The molecule has 4 amide bonds. The summed E-state index contributed by atoms with van der Waals surface area (Å²) >= 11 is 0. The summed E-state index contributed by atoms with van der Waals surface area (Å²) in [6, 6.07) is 19.5. The molecular weight excluding hydrogens is 887 g/mol. The number of aromatic hydroxyl groups is 1. The molecule has 3 N–H and O–H groups in total. The Morgan fingerprint density at radius 1 is 1.06 bits per heavy atom. The summed E-state index contributed by atoms with van der Waals surface area (Å²) in [5.41, 5.74) is 10.8. The van der Waals surface area contributed by atoms with Crippen molar-refractivity contribution in [3.8, 4) is 28.1 Å². The lowest BCUT2D eigenvalue weighted by atomic mass is 9.84. The Morgan fingerprint density at radius 2 is 1.83 bits per heavy atom. The van der Waals surface area contributed by atoms with Crippen LogP contribution >= 0.6 is 0 Å². The third-order valence-corrected chi connectivity index (χ3v) is 14.1. The van der Waals surface area contributed by atoms with Crippen LogP contribution in [0.2, 0.25) is 0 Å². The van der Waals surface area contributed by atoms with Gasteiger partial charge in [0.2, 0.25) is 17.7 Å². The summed E-state index contributed by atoms with van der Waals surface area (Å²) in [7, 11) is 3.25. The Bertz CT molecular complexity index is 2850. The van der Waals surface area contributed by atoms with Crippen LogP contribution in [0.5, 0.6) is 5.75 Å². The molecule has 368 valence electrons. The molecule has 6 bridgehead atoms. The number of amides is 4. The maximum Gasteiger partial charge on any atom is 0.329 e. The van der Waals surface area contributed by atoms with Gasteiger partial charge in [0.05, 0.1) is 36.6 Å². The van der Waals surface area contributed by atoms with Crippen molar-refractivity contribution in [2.24, 2.45) is 17.3 Å². The fourth-order valence-corrected chi connectivity index (χ4v) is 10.6. The Morgan fingerprint density at radius 3 is 2.56 bits per heavy atom. The Balaban J connectivity index is 1.24. The molecule has 3 aliphatic heterocycles. The lowest BCUT2D eigenvalue weighted by Gasteiger charge is -2.38. The van der Waals surface area contributed by atoms with Gasteiger partial charge in [0, 0.05) is 68.3 Å². The number of aromatic nitrogens is 2. The van der Waals surface area contributed by atoms with E-state index in [1.54, 1.807) is 37.4 Å². The molecule has 1 fully saturated rings. The van der Waals surface area contributed by atoms with Crippen LogP contribution in [0.3, 0.4) is 0 Å². The second-order valence-electron chi connectivity index (χ2n) is 20.0. The normalized spacial score (nSPS) is 20.0. The molecule has 8 rings (SSSR count). The lowest BCUT2D eigenvalue weighted by Crippen LogP contribution is -2.60. The van der Waals surface area contributed by atoms with Crippen molar-refractivity contribution >= 4 is 40.5 Å². The molecule has 15 heteroatoms. The number of cyclic esters (lactones) is 1. The SMILES string of the molecule is C=CC(=O)N1CC[C@H](C(=O)N(C)[C@H](C(=O)N[C@H]2Cc3cc(O)cc(c3)-c3ccc4c(c3)c(c(-c3cccnc3[C@H](C)OC)n4CC)CC(C)(C)COC(=O)[C@H]3NN(Cc4ccccc43)C2=O)C(C)C)C1. The summed E-state index contributed by atoms with van der Waals surface area (Å²) in [5, 5.41) is 16.8. The number of aryl methyl sites for hydroxylation is 1. The first kappa shape index (κ1) is 49.6. The first-order valence-electron chi connectivity index (χ1n) is 24.2. The molecule has 3 aliphatic rings. The average Bonchev–Trinajstić information content (AvgIpc) is 3.96. The molecule has 1 saturated heterocycles. The number of hydrogen-bond donors (Lipinski definition) is 3. The van der Waals surface area contributed by atoms with Crippen molar-refractivity contribution in [1.82, 2.24) is 35.1 Å². The zero-order valence-electron chi connectivity index (χ0n) is 41.5. The number of likely N-dealkylation sites (tertiary alicyclic amines) is 1. The molecule has 5 heterocycles. The standard InChI is InChI=1S/C55H65N7O8/c1-10-46(64)60-22-20-37(29-60)52(66)59(8)49(32(3)4)51(65)57-44-25-34-23-38(26-39(63)24-34)35-18-19-45-42(27-35)43(50(61(45)11-2)41-17-14-21-56-47(41)33(5)69-9)28-55(6,7)31-70-54(68)48-40-16-13-12-15-36(40)30-62(58-48)53(44)67/h10,12-19,21,23-24,26-27,32-33,37,44,48-49,58,63H,1,11,20,22,25,28-31H2,2-9H3,(H,57,65)/t33-,37-,44-,48-,49-/m0/s1. The number of hydrazine groups is 1. The fourth-order valence-electron chi connectivity index (χ4n) is 10.6. The predicted molar refractivity (Wildman–Crippen MR) is 267 cm³/mol. The highest BCUT2D eigenvalue weighted by molar-refractivity contribution is 5.96. The van der Waals surface area contributed by atoms with Crippen LogP contribution in [0.15, 0.2) is 91.6 Å². The maximum absolute atomic E-state index is 15.1. The van der Waals surface area contributed by atoms with Crippen molar-refractivity contribution in [1.29, 1.82) is 0 Å². The van der Waals surface area contributed by atoms with Crippen LogP contribution < -0.4 is 10.7 Å². The average molecular weight is 952 g/mol. The van der Waals surface area contributed by atoms with E-state index in [-0.39, 0.29) is 55.7 Å². The van der Waals surface area contributed by atoms with Gasteiger partial charge in [0.15, 0.2) is 0 Å². The van der Waals surface area contributed by atoms with Gasteiger partial charge in [0.1, 0.15) is 23.9 Å². The highest BCUT2D eigenvalue weighted by atomic mass is 16.5. The first-order chi connectivity index (χ1) is 33.4. The Hall–Kier alpha value is -6.84. The molecule has 70 heavy (non-hydrogen) atoms. The number of carbonyl (C=O) groups is 5. The van der Waals surface area contributed by atoms with E-state index in [1.165, 1.54) is 16.0 Å². The number of nitrogens with zero attached hydrogens (tertiary/aromatic N) is 5. The summed E-state index contributed by atoms with van der Waals surface area (Å²) in [5.74, 6) is -3.11. The number of nitrogens with one attached hydrogen (secondary N) is 2. The number of phenolic OH excluding ortho intramolecular Hbond substituents is 1. The van der Waals surface area contributed by atoms with E-state index in [0.717, 1.165) is 44.5 Å². The monoisotopic (exact) mass is 951 g/mol. The number of fused-ring (bicyclic) bond motifs is 8. The highest BCUT2D eigenvalue weighted by Crippen LogP contribution is 2.42. The molecule has 0 radical (unpaired) electrons. The van der Waals surface area contributed by atoms with Crippen molar-refractivity contribution in [3.63, 3.8) is 0 Å². The maximum atomic E-state index is 15.1. The quantitative estimate of drug-likeness (QED) is 0.0971. The molecule has 5 aromatic rings. The van der Waals surface area contributed by atoms with Gasteiger partial charge in [-0.3, -0.25) is 29.2 Å². The fraction of sp³-hybridized carbons (Fsp3) is 0.418. The number of carbonyl (C=O) groups excluding carboxylic acids is 5. The van der Waals surface area contributed by atoms with Crippen molar-refractivity contribution in [2.45, 2.75) is 98.1 Å². The van der Waals surface area contributed by atoms with E-state index in [9.17, 15) is 24.3 Å². The number of benzene rings is 3. The third-order valence-electron chi connectivity index (χ3n) is 14.1. The molecule has 0 aliphatic carbocycles. The number of likely N-dealkylation sites (N-methyl/N-ethyl adjacent to an activating group) is 1. The van der Waals surface area contributed by atoms with Gasteiger partial charge in [-0.1, -0.05) is 70.7 Å². The van der Waals surface area contributed by atoms with Gasteiger partial charge in [-0.2, -0.15) is 0 Å². The topological polar surface area (TPSA) is 176 Å². The molecule has 2 aromatic heterocycles. The number of esters is 1. The highest BCUT2D eigenvalue weighted by Gasteiger charge is 2.41. The number of pyridine rings is 1. The van der Waals surface area contributed by atoms with Crippen LogP contribution in [0.4, 0.5) is 0 Å². The van der Waals surface area contributed by atoms with Crippen molar-refractivity contribution in [2.75, 3.05) is 33.9 Å². The van der Waals surface area contributed by atoms with Crippen LogP contribution in [0.25, 0.3) is 33.3 Å². The summed E-state index contributed by atoms with van der Waals surface area (Å²) in [6.07, 6.45) is 3.60. The molecule has 0 saturated carbocycles. The Kier molecular flexibility index (Phi) is 14.3. The number of ether oxygens (including phenoxy) is 2. The summed E-state index contributed by atoms with van der Waals surface area (Å²) < 4.78 is 14.4. The van der Waals surface area contributed by atoms with Crippen molar-refractivity contribution in [3.05, 3.63) is 120 Å². The zero-order chi connectivity index (χ0) is 50.2. The van der Waals surface area contributed by atoms with Crippen LogP contribution in [0, 0.1) is 17.3 Å². The predicted octanol–water partition coefficient (Wildman–Crippen LogP) is 7.06. The number of hydrogen-bond acceptors (Lipinski definition) is 10. The summed E-state index contributed by atoms with van der Waals surface area (Å²) in [4.78, 5) is 78.5. The molecular formula is C55H65N7O8. The minimum Gasteiger partial charge on any atom is -0.508 e. The second kappa shape index (κ2) is 20.2. The van der Waals surface area contributed by atoms with Gasteiger partial charge >= 0.3 is 5.97 Å². The minimum absolute atomic E-state index is 0.0278. The van der Waals surface area contributed by atoms with E-state index in [4.69, 9.17) is 14.5 Å². The Labute approximate surface area is 409 Å². The number of rotatable bonds is 10. The number of phenols is 1. The minimum atomic E-state index is -1.23. The lowest BCUT2D eigenvalue weighted by molar-refractivity contribution is -0.155. The summed E-state index contributed by atoms with van der Waals surface area (Å²) in [6.45, 7) is 16.8. The van der Waals surface area contributed by atoms with E-state index >= 15 is 4.79 Å². The van der Waals surface area contributed by atoms with E-state index in [1.807, 2.05) is 63.2 Å². The molecule has 15 nitrogen and oxygen atoms in total. The van der Waals surface area contributed by atoms with Crippen molar-refractivity contribution < 1.29 is 38.6 Å². The molecule has 0 unspecified atom stereocenters. The van der Waals surface area contributed by atoms with E-state index < -0.39 is 47.2 Å². The molecule has 5 atom stereocenters. The zero-order valence-corrected chi connectivity index (χ0v) is 41.5. The second-order valence-corrected chi connectivity index (χ2v) is 20.0. The van der Waals surface area contributed by atoms with E-state index in [0.29, 0.717) is 42.6 Å². The van der Waals surface area contributed by atoms with Gasteiger partial charge in [-0.05, 0) is 108 Å². The van der Waals surface area contributed by atoms with Gasteiger partial charge in [0.25, 0.3) is 5.91 Å². The third kappa shape index (κ3) is 9.82. The largest absolute Gasteiger partial charge is 0.508 e. The van der Waals surface area contributed by atoms with Gasteiger partial charge in [-0.25, -0.2) is 10.2 Å².